The van der Waals surface area contributed by atoms with Crippen molar-refractivity contribution >= 4 is 35.0 Å². The van der Waals surface area contributed by atoms with E-state index < -0.39 is 5.91 Å². The molecule has 0 fully saturated rings. The number of rotatable bonds is 7. The lowest BCUT2D eigenvalue weighted by atomic mass is 10.1. The molecule has 0 saturated carbocycles. The Morgan fingerprint density at radius 1 is 0.871 bits per heavy atom. The summed E-state index contributed by atoms with van der Waals surface area (Å²) in [5.74, 6) is -0.317. The summed E-state index contributed by atoms with van der Waals surface area (Å²) in [5.41, 5.74) is 2.57. The summed E-state index contributed by atoms with van der Waals surface area (Å²) in [7, 11) is 1.52. The van der Waals surface area contributed by atoms with Gasteiger partial charge >= 0.3 is 0 Å². The molecule has 1 aliphatic rings. The van der Waals surface area contributed by atoms with Crippen LogP contribution >= 0.6 is 11.8 Å². The summed E-state index contributed by atoms with van der Waals surface area (Å²) in [6.07, 6.45) is 0.802. The summed E-state index contributed by atoms with van der Waals surface area (Å²) in [5, 5.41) is 3.25. The fraction of sp³-hybridized carbons (Fsp3) is 0.120. The topological polar surface area (TPSA) is 58.6 Å². The van der Waals surface area contributed by atoms with Gasteiger partial charge in [0, 0.05) is 10.6 Å². The number of carbonyl (C=O) groups is 2. The van der Waals surface area contributed by atoms with Crippen molar-refractivity contribution in [1.29, 1.82) is 0 Å². The largest absolute Gasteiger partial charge is 0.495 e. The van der Waals surface area contributed by atoms with Gasteiger partial charge in [-0.15, -0.1) is 0 Å². The van der Waals surface area contributed by atoms with E-state index in [2.05, 4.69) is 12.2 Å². The summed E-state index contributed by atoms with van der Waals surface area (Å²) < 4.78 is 5.41. The highest BCUT2D eigenvalue weighted by Gasteiger charge is 2.41. The third-order valence-corrected chi connectivity index (χ3v) is 6.08. The Kier molecular flexibility index (Phi) is 6.09. The van der Waals surface area contributed by atoms with Crippen molar-refractivity contribution in [2.75, 3.05) is 17.3 Å². The predicted octanol–water partition coefficient (Wildman–Crippen LogP) is 5.25. The zero-order valence-electron chi connectivity index (χ0n) is 17.3. The number of imide groups is 1. The fourth-order valence-corrected chi connectivity index (χ4v) is 4.39. The van der Waals surface area contributed by atoms with Gasteiger partial charge in [-0.05, 0) is 42.3 Å². The van der Waals surface area contributed by atoms with Gasteiger partial charge in [0.15, 0.2) is 0 Å². The molecular formula is C25H22N2O3S. The van der Waals surface area contributed by atoms with Crippen LogP contribution in [0.1, 0.15) is 12.5 Å². The molecule has 0 saturated heterocycles. The number of nitrogens with zero attached hydrogens (tertiary/aromatic N) is 1. The summed E-state index contributed by atoms with van der Waals surface area (Å²) >= 11 is 1.28. The Labute approximate surface area is 185 Å². The Balaban J connectivity index is 1.79. The van der Waals surface area contributed by atoms with Crippen LogP contribution < -0.4 is 15.0 Å². The van der Waals surface area contributed by atoms with Gasteiger partial charge in [-0.2, -0.15) is 0 Å². The molecule has 0 atom stereocenters. The van der Waals surface area contributed by atoms with Crippen LogP contribution in [-0.2, 0) is 16.0 Å². The van der Waals surface area contributed by atoms with Crippen molar-refractivity contribution in [2.24, 2.45) is 0 Å². The second-order valence-corrected chi connectivity index (χ2v) is 7.96. The van der Waals surface area contributed by atoms with Crippen LogP contribution in [0.3, 0.4) is 0 Å². The molecule has 5 nitrogen and oxygen atoms in total. The quantitative estimate of drug-likeness (QED) is 0.519. The molecular weight excluding hydrogens is 408 g/mol. The third kappa shape index (κ3) is 4.07. The summed E-state index contributed by atoms with van der Waals surface area (Å²) in [6, 6.07) is 24.4. The number of aryl methyl sites for hydroxylation is 1. The molecule has 0 bridgehead atoms. The molecule has 0 radical (unpaired) electrons. The average molecular weight is 431 g/mol. The SMILES string of the molecule is CCc1ccccc1NC1=C(Sc2ccccc2)C(=O)N(c2ccccc2OC)C1=O. The van der Waals surface area contributed by atoms with E-state index in [0.29, 0.717) is 16.3 Å². The molecule has 4 rings (SSSR count). The second-order valence-electron chi connectivity index (χ2n) is 6.87. The molecule has 1 aliphatic heterocycles. The van der Waals surface area contributed by atoms with Gasteiger partial charge in [0.25, 0.3) is 11.8 Å². The highest BCUT2D eigenvalue weighted by molar-refractivity contribution is 8.04. The monoisotopic (exact) mass is 430 g/mol. The molecule has 0 spiro atoms. The van der Waals surface area contributed by atoms with Gasteiger partial charge < -0.3 is 10.1 Å². The molecule has 3 aromatic rings. The number of hydrogen-bond donors (Lipinski definition) is 1. The van der Waals surface area contributed by atoms with Crippen LogP contribution in [0.2, 0.25) is 0 Å². The standard InChI is InChI=1S/C25H22N2O3S/c1-3-17-11-7-8-14-19(17)26-22-23(31-18-12-5-4-6-13-18)25(29)27(24(22)28)20-15-9-10-16-21(20)30-2/h4-16,26H,3H2,1-2H3. The van der Waals surface area contributed by atoms with Crippen LogP contribution in [0.25, 0.3) is 0 Å². The number of carbonyl (C=O) groups excluding carboxylic acids is 2. The van der Waals surface area contributed by atoms with E-state index in [0.717, 1.165) is 22.6 Å². The van der Waals surface area contributed by atoms with Crippen molar-refractivity contribution in [2.45, 2.75) is 18.2 Å². The van der Waals surface area contributed by atoms with Crippen LogP contribution in [0.5, 0.6) is 5.75 Å². The normalized spacial score (nSPS) is 13.7. The number of anilines is 2. The molecule has 0 aromatic heterocycles. The van der Waals surface area contributed by atoms with Crippen molar-refractivity contribution in [3.8, 4) is 5.75 Å². The molecule has 31 heavy (non-hydrogen) atoms. The van der Waals surface area contributed by atoms with Crippen molar-refractivity contribution in [1.82, 2.24) is 0 Å². The first kappa shape index (κ1) is 20.8. The van der Waals surface area contributed by atoms with E-state index >= 15 is 0 Å². The summed E-state index contributed by atoms with van der Waals surface area (Å²) in [6.45, 7) is 2.05. The number of ether oxygens (including phenoxy) is 1. The highest BCUT2D eigenvalue weighted by Crippen LogP contribution is 2.40. The van der Waals surface area contributed by atoms with E-state index in [-0.39, 0.29) is 11.6 Å². The molecule has 0 unspecified atom stereocenters. The number of nitrogens with one attached hydrogen (secondary N) is 1. The van der Waals surface area contributed by atoms with Crippen molar-refractivity contribution < 1.29 is 14.3 Å². The van der Waals surface area contributed by atoms with Gasteiger partial charge in [-0.25, -0.2) is 4.90 Å². The first-order chi connectivity index (χ1) is 15.1. The van der Waals surface area contributed by atoms with E-state index in [4.69, 9.17) is 4.74 Å². The molecule has 0 aliphatic carbocycles. The minimum atomic E-state index is -0.404. The van der Waals surface area contributed by atoms with Gasteiger partial charge in [0.2, 0.25) is 0 Å². The van der Waals surface area contributed by atoms with E-state index in [1.807, 2.05) is 54.6 Å². The number of para-hydroxylation sites is 3. The Hall–Kier alpha value is -3.51. The minimum Gasteiger partial charge on any atom is -0.495 e. The highest BCUT2D eigenvalue weighted by atomic mass is 32.2. The first-order valence-corrected chi connectivity index (χ1v) is 10.8. The molecule has 3 aromatic carbocycles. The average Bonchev–Trinajstić information content (AvgIpc) is 3.04. The number of benzene rings is 3. The maximum Gasteiger partial charge on any atom is 0.283 e. The Morgan fingerprint density at radius 3 is 2.29 bits per heavy atom. The van der Waals surface area contributed by atoms with Gasteiger partial charge in [0.05, 0.1) is 12.8 Å². The molecule has 2 amide bonds. The van der Waals surface area contributed by atoms with E-state index in [1.54, 1.807) is 24.3 Å². The lowest BCUT2D eigenvalue weighted by Gasteiger charge is -2.18. The van der Waals surface area contributed by atoms with Gasteiger partial charge in [0.1, 0.15) is 16.4 Å². The lowest BCUT2D eigenvalue weighted by Crippen LogP contribution is -2.32. The Bertz CT molecular complexity index is 1160. The van der Waals surface area contributed by atoms with Crippen LogP contribution in [-0.4, -0.2) is 18.9 Å². The predicted molar refractivity (Wildman–Crippen MR) is 124 cm³/mol. The smallest absolute Gasteiger partial charge is 0.283 e. The van der Waals surface area contributed by atoms with Crippen LogP contribution in [0.4, 0.5) is 11.4 Å². The lowest BCUT2D eigenvalue weighted by molar-refractivity contribution is -0.120. The molecule has 6 heteroatoms. The van der Waals surface area contributed by atoms with Gasteiger partial charge in [-0.3, -0.25) is 9.59 Å². The second kappa shape index (κ2) is 9.10. The Morgan fingerprint density at radius 2 is 1.55 bits per heavy atom. The zero-order valence-corrected chi connectivity index (χ0v) is 18.1. The first-order valence-electron chi connectivity index (χ1n) is 9.98. The fourth-order valence-electron chi connectivity index (χ4n) is 3.44. The molecule has 156 valence electrons. The molecule has 1 heterocycles. The number of methoxy groups -OCH3 is 1. The number of hydrogen-bond acceptors (Lipinski definition) is 5. The van der Waals surface area contributed by atoms with E-state index in [9.17, 15) is 9.59 Å². The van der Waals surface area contributed by atoms with Crippen LogP contribution in [0.15, 0.2) is 94.4 Å². The van der Waals surface area contributed by atoms with Crippen molar-refractivity contribution in [3.05, 3.63) is 95.0 Å². The molecule has 1 N–H and O–H groups in total. The number of amides is 2. The maximum atomic E-state index is 13.5. The number of thioether (sulfide) groups is 1. The maximum absolute atomic E-state index is 13.5. The third-order valence-electron chi connectivity index (χ3n) is 4.99. The van der Waals surface area contributed by atoms with Crippen molar-refractivity contribution in [3.63, 3.8) is 0 Å². The van der Waals surface area contributed by atoms with E-state index in [1.165, 1.54) is 23.8 Å². The minimum absolute atomic E-state index is 0.269. The van der Waals surface area contributed by atoms with Gasteiger partial charge in [-0.1, -0.05) is 67.2 Å². The summed E-state index contributed by atoms with van der Waals surface area (Å²) in [4.78, 5) is 29.4. The van der Waals surface area contributed by atoms with Crippen LogP contribution in [0, 0.1) is 0 Å². The zero-order chi connectivity index (χ0) is 21.8.